The van der Waals surface area contributed by atoms with Gasteiger partial charge in [-0.25, -0.2) is 8.42 Å². The number of hydrogen-bond donors (Lipinski definition) is 1. The van der Waals surface area contributed by atoms with Crippen molar-refractivity contribution in [2.75, 3.05) is 18.8 Å². The lowest BCUT2D eigenvalue weighted by Gasteiger charge is -2.24. The number of anilines is 1. The Morgan fingerprint density at radius 3 is 2.42 bits per heavy atom. The van der Waals surface area contributed by atoms with E-state index >= 15 is 0 Å². The normalized spacial score (nSPS) is 13.7. The van der Waals surface area contributed by atoms with E-state index in [2.05, 4.69) is 13.8 Å². The molecule has 0 aliphatic carbocycles. The number of nitrogens with two attached hydrogens (primary N) is 1. The van der Waals surface area contributed by atoms with Crippen LogP contribution in [0.3, 0.4) is 0 Å². The molecule has 1 aromatic carbocycles. The topological polar surface area (TPSA) is 63.4 Å². The highest BCUT2D eigenvalue weighted by atomic mass is 32.2. The number of sulfonamides is 1. The number of benzene rings is 1. The maximum Gasteiger partial charge on any atom is 0.243 e. The van der Waals surface area contributed by atoms with E-state index in [1.807, 2.05) is 6.92 Å². The molecule has 1 aromatic rings. The van der Waals surface area contributed by atoms with Crippen molar-refractivity contribution in [1.82, 2.24) is 4.31 Å². The first kappa shape index (κ1) is 16.0. The molecule has 0 aromatic heterocycles. The summed E-state index contributed by atoms with van der Waals surface area (Å²) in [7, 11) is -3.43. The molecule has 0 saturated heterocycles. The van der Waals surface area contributed by atoms with Gasteiger partial charge in [-0.15, -0.1) is 0 Å². The van der Waals surface area contributed by atoms with E-state index in [-0.39, 0.29) is 0 Å². The predicted molar refractivity (Wildman–Crippen MR) is 79.5 cm³/mol. The molecule has 0 heterocycles. The smallest absolute Gasteiger partial charge is 0.243 e. The van der Waals surface area contributed by atoms with Crippen molar-refractivity contribution in [2.24, 2.45) is 5.92 Å². The summed E-state index contributed by atoms with van der Waals surface area (Å²) in [6.45, 7) is 8.82. The average Bonchev–Trinajstić information content (AvgIpc) is 2.34. The van der Waals surface area contributed by atoms with E-state index in [0.29, 0.717) is 35.2 Å². The van der Waals surface area contributed by atoms with Crippen molar-refractivity contribution in [3.63, 3.8) is 0 Å². The molecule has 5 heteroatoms. The van der Waals surface area contributed by atoms with Crippen molar-refractivity contribution in [3.8, 4) is 0 Å². The van der Waals surface area contributed by atoms with Crippen LogP contribution in [-0.4, -0.2) is 25.8 Å². The molecular weight excluding hydrogens is 260 g/mol. The Kier molecular flexibility index (Phi) is 5.38. The summed E-state index contributed by atoms with van der Waals surface area (Å²) in [6.07, 6.45) is 0.965. The molecule has 0 saturated carbocycles. The third-order valence-electron chi connectivity index (χ3n) is 3.38. The van der Waals surface area contributed by atoms with Gasteiger partial charge in [-0.1, -0.05) is 27.2 Å². The van der Waals surface area contributed by atoms with Crippen LogP contribution in [0.5, 0.6) is 0 Å². The predicted octanol–water partition coefficient (Wildman–Crippen LogP) is 2.63. The first-order valence-corrected chi connectivity index (χ1v) is 8.13. The lowest BCUT2D eigenvalue weighted by atomic mass is 10.1. The second kappa shape index (κ2) is 6.39. The average molecular weight is 284 g/mol. The molecule has 0 aliphatic rings. The van der Waals surface area contributed by atoms with Gasteiger partial charge >= 0.3 is 0 Å². The van der Waals surface area contributed by atoms with Crippen LogP contribution >= 0.6 is 0 Å². The van der Waals surface area contributed by atoms with Gasteiger partial charge in [0.1, 0.15) is 0 Å². The molecule has 108 valence electrons. The van der Waals surface area contributed by atoms with E-state index in [1.165, 1.54) is 0 Å². The standard InChI is InChI=1S/C14H24N2O2S/c1-5-11(3)10-16(6-2)19(17,18)14-8-7-13(15)9-12(14)4/h7-9,11H,5-6,10,15H2,1-4H3. The van der Waals surface area contributed by atoms with Gasteiger partial charge in [0.15, 0.2) is 0 Å². The fourth-order valence-electron chi connectivity index (χ4n) is 1.98. The summed E-state index contributed by atoms with van der Waals surface area (Å²) >= 11 is 0. The summed E-state index contributed by atoms with van der Waals surface area (Å²) < 4.78 is 26.8. The van der Waals surface area contributed by atoms with Gasteiger partial charge in [-0.2, -0.15) is 4.31 Å². The van der Waals surface area contributed by atoms with Crippen LogP contribution < -0.4 is 5.73 Å². The minimum absolute atomic E-state index is 0.351. The Bertz CT molecular complexity index is 526. The van der Waals surface area contributed by atoms with Crippen LogP contribution in [0.4, 0.5) is 5.69 Å². The molecule has 19 heavy (non-hydrogen) atoms. The van der Waals surface area contributed by atoms with Crippen LogP contribution in [0.2, 0.25) is 0 Å². The molecule has 0 radical (unpaired) electrons. The van der Waals surface area contributed by atoms with Gasteiger partial charge in [0, 0.05) is 18.8 Å². The fraction of sp³-hybridized carbons (Fsp3) is 0.571. The summed E-state index contributed by atoms with van der Waals surface area (Å²) in [5, 5.41) is 0. The molecule has 0 aliphatic heterocycles. The summed E-state index contributed by atoms with van der Waals surface area (Å²) in [5.41, 5.74) is 6.95. The van der Waals surface area contributed by atoms with E-state index in [0.717, 1.165) is 6.42 Å². The number of rotatable bonds is 6. The molecule has 2 N–H and O–H groups in total. The molecule has 1 atom stereocenters. The van der Waals surface area contributed by atoms with Gasteiger partial charge < -0.3 is 5.73 Å². The summed E-state index contributed by atoms with van der Waals surface area (Å²) in [4.78, 5) is 0.354. The quantitative estimate of drug-likeness (QED) is 0.817. The van der Waals surface area contributed by atoms with Crippen LogP contribution in [-0.2, 0) is 10.0 Å². The highest BCUT2D eigenvalue weighted by molar-refractivity contribution is 7.89. The number of nitrogens with zero attached hydrogens (tertiary/aromatic N) is 1. The Labute approximate surface area is 116 Å². The molecular formula is C14H24N2O2S. The second-order valence-electron chi connectivity index (χ2n) is 4.99. The molecule has 4 nitrogen and oxygen atoms in total. The van der Waals surface area contributed by atoms with Crippen LogP contribution in [0.25, 0.3) is 0 Å². The SMILES string of the molecule is CCC(C)CN(CC)S(=O)(=O)c1ccc(N)cc1C. The number of hydrogen-bond acceptors (Lipinski definition) is 3. The Morgan fingerprint density at radius 1 is 1.32 bits per heavy atom. The monoisotopic (exact) mass is 284 g/mol. The van der Waals surface area contributed by atoms with Crippen LogP contribution in [0, 0.1) is 12.8 Å². The number of nitrogen functional groups attached to an aromatic ring is 1. The molecule has 0 amide bonds. The van der Waals surface area contributed by atoms with Gasteiger partial charge in [-0.3, -0.25) is 0 Å². The summed E-state index contributed by atoms with van der Waals surface area (Å²) in [5.74, 6) is 0.351. The maximum absolute atomic E-state index is 12.6. The van der Waals surface area contributed by atoms with Gasteiger partial charge in [0.05, 0.1) is 4.90 Å². The molecule has 0 bridgehead atoms. The highest BCUT2D eigenvalue weighted by Crippen LogP contribution is 2.22. The Morgan fingerprint density at radius 2 is 1.95 bits per heavy atom. The van der Waals surface area contributed by atoms with Crippen molar-refractivity contribution >= 4 is 15.7 Å². The zero-order valence-corrected chi connectivity index (χ0v) is 13.0. The van der Waals surface area contributed by atoms with Crippen molar-refractivity contribution in [3.05, 3.63) is 23.8 Å². The lowest BCUT2D eigenvalue weighted by Crippen LogP contribution is -2.34. The minimum Gasteiger partial charge on any atom is -0.399 e. The van der Waals surface area contributed by atoms with E-state index in [4.69, 9.17) is 5.73 Å². The molecule has 1 rings (SSSR count). The Hall–Kier alpha value is -1.07. The first-order valence-electron chi connectivity index (χ1n) is 6.69. The van der Waals surface area contributed by atoms with Crippen LogP contribution in [0.15, 0.2) is 23.1 Å². The zero-order valence-electron chi connectivity index (χ0n) is 12.2. The Balaban J connectivity index is 3.13. The zero-order chi connectivity index (χ0) is 14.6. The minimum atomic E-state index is -3.43. The number of aryl methyl sites for hydroxylation is 1. The van der Waals surface area contributed by atoms with E-state index < -0.39 is 10.0 Å². The first-order chi connectivity index (χ1) is 8.82. The summed E-state index contributed by atoms with van der Waals surface area (Å²) in [6, 6.07) is 4.93. The fourth-order valence-corrected chi connectivity index (χ4v) is 3.75. The highest BCUT2D eigenvalue weighted by Gasteiger charge is 2.25. The van der Waals surface area contributed by atoms with Gasteiger partial charge in [0.2, 0.25) is 10.0 Å². The van der Waals surface area contributed by atoms with Crippen molar-refractivity contribution in [1.29, 1.82) is 0 Å². The maximum atomic E-state index is 12.6. The van der Waals surface area contributed by atoms with Crippen molar-refractivity contribution in [2.45, 2.75) is 39.0 Å². The van der Waals surface area contributed by atoms with Crippen LogP contribution in [0.1, 0.15) is 32.8 Å². The van der Waals surface area contributed by atoms with Gasteiger partial charge in [0.25, 0.3) is 0 Å². The largest absolute Gasteiger partial charge is 0.399 e. The molecule has 0 spiro atoms. The van der Waals surface area contributed by atoms with Gasteiger partial charge in [-0.05, 0) is 36.6 Å². The molecule has 1 unspecified atom stereocenters. The lowest BCUT2D eigenvalue weighted by molar-refractivity contribution is 0.361. The van der Waals surface area contributed by atoms with E-state index in [1.54, 1.807) is 29.4 Å². The second-order valence-corrected chi connectivity index (χ2v) is 6.90. The van der Waals surface area contributed by atoms with Crippen molar-refractivity contribution < 1.29 is 8.42 Å². The molecule has 0 fully saturated rings. The third-order valence-corrected chi connectivity index (χ3v) is 5.48. The third kappa shape index (κ3) is 3.70. The van der Waals surface area contributed by atoms with E-state index in [9.17, 15) is 8.42 Å².